The molecule has 43 heavy (non-hydrogen) atoms. The van der Waals surface area contributed by atoms with Crippen LogP contribution in [0.15, 0.2) is 77.7 Å². The number of sulfonamides is 1. The molecule has 9 nitrogen and oxygen atoms in total. The largest absolute Gasteiger partial charge is 0.445 e. The zero-order valence-electron chi connectivity index (χ0n) is 23.5. The molecule has 0 aliphatic rings. The highest BCUT2D eigenvalue weighted by Crippen LogP contribution is 2.27. The minimum absolute atomic E-state index is 0.0335. The number of carbonyl (C=O) groups is 2. The molecule has 3 aromatic carbocycles. The molecule has 13 heteroatoms. The van der Waals surface area contributed by atoms with Crippen molar-refractivity contribution < 1.29 is 22.7 Å². The molecule has 0 aromatic heterocycles. The van der Waals surface area contributed by atoms with E-state index in [2.05, 4.69) is 12.2 Å². The average Bonchev–Trinajstić information content (AvgIpc) is 2.95. The molecule has 0 unspecified atom stereocenters. The van der Waals surface area contributed by atoms with Crippen molar-refractivity contribution in [1.82, 2.24) is 10.2 Å². The molecule has 0 aliphatic heterocycles. The normalized spacial score (nSPS) is 11.6. The number of nitrogens with one attached hydrogen (secondary N) is 2. The molecule has 0 radical (unpaired) electrons. The van der Waals surface area contributed by atoms with Gasteiger partial charge in [0.25, 0.3) is 0 Å². The zero-order chi connectivity index (χ0) is 31.6. The van der Waals surface area contributed by atoms with Gasteiger partial charge in [-0.05, 0) is 35.2 Å². The number of alkyl halides is 3. The third-order valence-corrected chi connectivity index (χ3v) is 7.68. The number of amides is 2. The van der Waals surface area contributed by atoms with Gasteiger partial charge in [0, 0.05) is 24.2 Å². The van der Waals surface area contributed by atoms with Crippen LogP contribution in [0.2, 0.25) is 0 Å². The number of hydrogen-bond acceptors (Lipinski definition) is 6. The van der Waals surface area contributed by atoms with Crippen molar-refractivity contribution in [3.63, 3.8) is 0 Å². The van der Waals surface area contributed by atoms with Crippen molar-refractivity contribution in [2.24, 2.45) is 5.14 Å². The number of alkyl carbamates (subject to hydrolysis) is 1. The number of primary sulfonamides is 1. The van der Waals surface area contributed by atoms with Crippen molar-refractivity contribution in [1.29, 1.82) is 5.41 Å². The number of ether oxygens (including phenoxy) is 1. The zero-order valence-corrected chi connectivity index (χ0v) is 26.6. The highest BCUT2D eigenvalue weighted by Gasteiger charge is 2.23. The third kappa shape index (κ3) is 11.1. The summed E-state index contributed by atoms with van der Waals surface area (Å²) in [6, 6.07) is 20.6. The van der Waals surface area contributed by atoms with Gasteiger partial charge in [-0.2, -0.15) is 0 Å². The summed E-state index contributed by atoms with van der Waals surface area (Å²) in [7, 11) is -3.90. The molecule has 230 valence electrons. The summed E-state index contributed by atoms with van der Waals surface area (Å²) in [4.78, 5) is 27.2. The van der Waals surface area contributed by atoms with Gasteiger partial charge in [-0.1, -0.05) is 115 Å². The molecule has 2 amide bonds. The Hall–Kier alpha value is -3.15. The van der Waals surface area contributed by atoms with E-state index < -0.39 is 26.5 Å². The van der Waals surface area contributed by atoms with Gasteiger partial charge >= 0.3 is 6.09 Å². The van der Waals surface area contributed by atoms with Gasteiger partial charge in [0.1, 0.15) is 12.4 Å². The molecular weight excluding hydrogens is 635 g/mol. The van der Waals surface area contributed by atoms with Crippen LogP contribution in [0.3, 0.4) is 0 Å². The second-order valence-electron chi connectivity index (χ2n) is 9.83. The lowest BCUT2D eigenvalue weighted by Gasteiger charge is -2.23. The van der Waals surface area contributed by atoms with Gasteiger partial charge in [0.05, 0.1) is 11.3 Å². The second-order valence-corrected chi connectivity index (χ2v) is 13.9. The Bertz CT molecular complexity index is 1540. The van der Waals surface area contributed by atoms with Crippen LogP contribution in [0.1, 0.15) is 42.9 Å². The van der Waals surface area contributed by atoms with Crippen LogP contribution in [0, 0.1) is 5.41 Å². The molecular formula is C30H33Cl3N4O5S. The predicted molar refractivity (Wildman–Crippen MR) is 170 cm³/mol. The predicted octanol–water partition coefficient (Wildman–Crippen LogP) is 6.18. The first kappa shape index (κ1) is 34.3. The molecule has 0 saturated heterocycles. The fourth-order valence-corrected chi connectivity index (χ4v) is 5.21. The lowest BCUT2D eigenvalue weighted by Crippen LogP contribution is -2.34. The highest BCUT2D eigenvalue weighted by molar-refractivity contribution is 7.89. The monoisotopic (exact) mass is 666 g/mol. The summed E-state index contributed by atoms with van der Waals surface area (Å²) < 4.78 is 27.1. The highest BCUT2D eigenvalue weighted by atomic mass is 35.6. The smallest absolute Gasteiger partial charge is 0.412 e. The molecule has 3 aromatic rings. The number of unbranched alkanes of at least 4 members (excludes halogenated alkanes) is 2. The van der Waals surface area contributed by atoms with Crippen LogP contribution < -0.4 is 10.5 Å². The number of hydrogen-bond donors (Lipinski definition) is 3. The van der Waals surface area contributed by atoms with Crippen molar-refractivity contribution >= 4 is 62.7 Å². The maximum Gasteiger partial charge on any atom is 0.412 e. The fraction of sp³-hybridized carbons (Fsp3) is 0.300. The molecule has 3 rings (SSSR count). The van der Waals surface area contributed by atoms with Gasteiger partial charge in [-0.25, -0.2) is 18.4 Å². The number of nitrogens with two attached hydrogens (primary N) is 1. The van der Waals surface area contributed by atoms with E-state index in [-0.39, 0.29) is 23.1 Å². The quantitative estimate of drug-likeness (QED) is 0.0915. The van der Waals surface area contributed by atoms with E-state index in [1.807, 2.05) is 6.07 Å². The van der Waals surface area contributed by atoms with Gasteiger partial charge in [0.15, 0.2) is 0 Å². The lowest BCUT2D eigenvalue weighted by molar-refractivity contribution is -0.131. The van der Waals surface area contributed by atoms with Crippen LogP contribution in [0.4, 0.5) is 4.79 Å². The molecule has 0 spiro atoms. The maximum atomic E-state index is 13.5. The number of benzene rings is 3. The summed E-state index contributed by atoms with van der Waals surface area (Å²) in [5.41, 5.74) is 3.13. The SMILES string of the molecule is CCCCCN(Cc1cccc(C(=N)NC(=O)OCC(Cl)(Cl)Cl)c1)C(=O)Cc1ccc(-c2ccccc2S(N)(=O)=O)cc1. The van der Waals surface area contributed by atoms with E-state index in [0.29, 0.717) is 29.8 Å². The van der Waals surface area contributed by atoms with E-state index in [1.165, 1.54) is 6.07 Å². The third-order valence-electron chi connectivity index (χ3n) is 6.38. The van der Waals surface area contributed by atoms with Crippen molar-refractivity contribution in [2.75, 3.05) is 13.2 Å². The molecule has 0 bridgehead atoms. The molecule has 4 N–H and O–H groups in total. The van der Waals surface area contributed by atoms with Gasteiger partial charge in [0.2, 0.25) is 19.7 Å². The van der Waals surface area contributed by atoms with Crippen molar-refractivity contribution in [2.45, 2.75) is 47.8 Å². The van der Waals surface area contributed by atoms with Crippen molar-refractivity contribution in [3.05, 3.63) is 89.5 Å². The van der Waals surface area contributed by atoms with Crippen LogP contribution in [-0.2, 0) is 32.5 Å². The van der Waals surface area contributed by atoms with Crippen LogP contribution >= 0.6 is 34.8 Å². The van der Waals surface area contributed by atoms with Crippen molar-refractivity contribution in [3.8, 4) is 11.1 Å². The van der Waals surface area contributed by atoms with Gasteiger partial charge < -0.3 is 9.64 Å². The molecule has 0 fully saturated rings. The van der Waals surface area contributed by atoms with Crippen LogP contribution in [0.5, 0.6) is 0 Å². The minimum Gasteiger partial charge on any atom is -0.445 e. The van der Waals surface area contributed by atoms with E-state index in [4.69, 9.17) is 50.1 Å². The van der Waals surface area contributed by atoms with E-state index in [0.717, 1.165) is 30.4 Å². The second kappa shape index (κ2) is 15.5. The number of carbonyl (C=O) groups excluding carboxylic acids is 2. The fourth-order valence-electron chi connectivity index (χ4n) is 4.29. The van der Waals surface area contributed by atoms with Crippen LogP contribution in [-0.4, -0.2) is 48.1 Å². The molecule has 0 heterocycles. The molecule has 0 saturated carbocycles. The van der Waals surface area contributed by atoms with Crippen LogP contribution in [0.25, 0.3) is 11.1 Å². The topological polar surface area (TPSA) is 143 Å². The maximum absolute atomic E-state index is 13.5. The number of nitrogens with zero attached hydrogens (tertiary/aromatic N) is 1. The summed E-state index contributed by atoms with van der Waals surface area (Å²) in [6.07, 6.45) is 2.01. The summed E-state index contributed by atoms with van der Waals surface area (Å²) in [5.74, 6) is -0.285. The Morgan fingerprint density at radius 1 is 0.977 bits per heavy atom. The average molecular weight is 668 g/mol. The van der Waals surface area contributed by atoms with E-state index >= 15 is 0 Å². The number of rotatable bonds is 12. The first-order valence-corrected chi connectivity index (χ1v) is 16.1. The molecule has 0 aliphatic carbocycles. The van der Waals surface area contributed by atoms with Gasteiger partial charge in [-0.3, -0.25) is 15.5 Å². The summed E-state index contributed by atoms with van der Waals surface area (Å²) >= 11 is 16.8. The van der Waals surface area contributed by atoms with E-state index in [9.17, 15) is 18.0 Å². The number of halogens is 3. The Balaban J connectivity index is 1.72. The lowest BCUT2D eigenvalue weighted by atomic mass is 10.0. The first-order valence-electron chi connectivity index (χ1n) is 13.4. The summed E-state index contributed by atoms with van der Waals surface area (Å²) in [6.45, 7) is 2.47. The summed E-state index contributed by atoms with van der Waals surface area (Å²) in [5, 5.41) is 15.9. The molecule has 0 atom stereocenters. The van der Waals surface area contributed by atoms with Gasteiger partial charge in [-0.15, -0.1) is 0 Å². The van der Waals surface area contributed by atoms with E-state index in [1.54, 1.807) is 65.6 Å². The number of amidine groups is 1. The standard InChI is InChI=1S/C30H33Cl3N4O5S/c1-2-3-6-16-37(19-22-8-7-9-24(17-22)28(34)36-29(39)42-20-30(31,32)33)27(38)18-21-12-14-23(15-13-21)25-10-4-5-11-26(25)43(35,40)41/h4-5,7-15,17H,2-3,6,16,18-20H2,1H3,(H2,34,36,39)(H2,35,40,41). The Labute approximate surface area is 266 Å². The Morgan fingerprint density at radius 2 is 1.67 bits per heavy atom. The minimum atomic E-state index is -3.90. The first-order chi connectivity index (χ1) is 20.3. The Kier molecular flexibility index (Phi) is 12.4. The Morgan fingerprint density at radius 3 is 2.33 bits per heavy atom.